The maximum atomic E-state index is 4.58. The lowest BCUT2D eigenvalue weighted by Crippen LogP contribution is -2.32. The van der Waals surface area contributed by atoms with Gasteiger partial charge in [0.05, 0.1) is 4.47 Å². The normalized spacial score (nSPS) is 19.6. The number of halogens is 1. The van der Waals surface area contributed by atoms with Crippen molar-refractivity contribution in [3.05, 3.63) is 10.7 Å². The number of hydrogen-bond acceptors (Lipinski definition) is 5. The van der Waals surface area contributed by atoms with Crippen LogP contribution in [-0.2, 0) is 0 Å². The molecular formula is C12H20BrN5. The van der Waals surface area contributed by atoms with Crippen molar-refractivity contribution in [3.8, 4) is 0 Å². The van der Waals surface area contributed by atoms with Gasteiger partial charge >= 0.3 is 0 Å². The van der Waals surface area contributed by atoms with Crippen LogP contribution in [0, 0.1) is 0 Å². The molecule has 18 heavy (non-hydrogen) atoms. The van der Waals surface area contributed by atoms with Crippen LogP contribution >= 0.6 is 15.9 Å². The van der Waals surface area contributed by atoms with Crippen molar-refractivity contribution < 1.29 is 0 Å². The molecule has 1 atom stereocenters. The molecule has 5 nitrogen and oxygen atoms in total. The van der Waals surface area contributed by atoms with E-state index in [4.69, 9.17) is 0 Å². The first-order chi connectivity index (χ1) is 8.61. The lowest BCUT2D eigenvalue weighted by atomic mass is 10.2. The minimum Gasteiger partial charge on any atom is -0.354 e. The zero-order valence-corrected chi connectivity index (χ0v) is 12.7. The average molecular weight is 314 g/mol. The van der Waals surface area contributed by atoms with E-state index in [1.807, 2.05) is 13.1 Å². The third-order valence-corrected chi connectivity index (χ3v) is 3.81. The van der Waals surface area contributed by atoms with Crippen LogP contribution in [0.3, 0.4) is 0 Å². The third-order valence-electron chi connectivity index (χ3n) is 3.25. The van der Waals surface area contributed by atoms with Gasteiger partial charge in [-0.1, -0.05) is 0 Å². The highest BCUT2D eigenvalue weighted by Gasteiger charge is 2.26. The van der Waals surface area contributed by atoms with Crippen LogP contribution in [0.15, 0.2) is 10.7 Å². The van der Waals surface area contributed by atoms with Crippen molar-refractivity contribution in [1.29, 1.82) is 0 Å². The molecule has 1 saturated heterocycles. The van der Waals surface area contributed by atoms with Crippen LogP contribution in [0.5, 0.6) is 0 Å². The smallest absolute Gasteiger partial charge is 0.224 e. The molecule has 0 spiro atoms. The SMILES string of the molecule is CCNc1ncc(Br)c(N2CCC(N(C)C)C2)n1. The molecule has 1 N–H and O–H groups in total. The van der Waals surface area contributed by atoms with Gasteiger partial charge in [-0.05, 0) is 43.4 Å². The Morgan fingerprint density at radius 3 is 2.94 bits per heavy atom. The number of nitrogens with one attached hydrogen (secondary N) is 1. The summed E-state index contributed by atoms with van der Waals surface area (Å²) in [5.74, 6) is 1.69. The Bertz CT molecular complexity index is 409. The van der Waals surface area contributed by atoms with Crippen molar-refractivity contribution in [1.82, 2.24) is 14.9 Å². The van der Waals surface area contributed by atoms with Crippen LogP contribution in [0.25, 0.3) is 0 Å². The summed E-state index contributed by atoms with van der Waals surface area (Å²) in [6.45, 7) is 4.95. The van der Waals surface area contributed by atoms with Crippen molar-refractivity contribution >= 4 is 27.7 Å². The summed E-state index contributed by atoms with van der Waals surface area (Å²) >= 11 is 3.54. The van der Waals surface area contributed by atoms with Crippen molar-refractivity contribution in [2.75, 3.05) is 43.9 Å². The molecule has 0 bridgehead atoms. The van der Waals surface area contributed by atoms with Gasteiger partial charge in [-0.3, -0.25) is 0 Å². The standard InChI is InChI=1S/C12H20BrN5/c1-4-14-12-15-7-10(13)11(16-12)18-6-5-9(8-18)17(2)3/h7,9H,4-6,8H2,1-3H3,(H,14,15,16). The molecule has 1 aliphatic heterocycles. The predicted octanol–water partition coefficient (Wildman–Crippen LogP) is 1.81. The van der Waals surface area contributed by atoms with Crippen LogP contribution < -0.4 is 10.2 Å². The van der Waals surface area contributed by atoms with Gasteiger partial charge in [-0.25, -0.2) is 4.98 Å². The molecule has 0 amide bonds. The van der Waals surface area contributed by atoms with Crippen LogP contribution in [0.4, 0.5) is 11.8 Å². The summed E-state index contributed by atoms with van der Waals surface area (Å²) in [4.78, 5) is 13.4. The molecule has 0 saturated carbocycles. The maximum absolute atomic E-state index is 4.58. The summed E-state index contributed by atoms with van der Waals surface area (Å²) in [5.41, 5.74) is 0. The lowest BCUT2D eigenvalue weighted by Gasteiger charge is -2.22. The number of anilines is 2. The van der Waals surface area contributed by atoms with Gasteiger partial charge in [0.1, 0.15) is 5.82 Å². The number of aromatic nitrogens is 2. The Morgan fingerprint density at radius 2 is 2.33 bits per heavy atom. The molecule has 1 aromatic rings. The largest absolute Gasteiger partial charge is 0.354 e. The van der Waals surface area contributed by atoms with Gasteiger partial charge in [0.15, 0.2) is 0 Å². The zero-order valence-electron chi connectivity index (χ0n) is 11.1. The monoisotopic (exact) mass is 313 g/mol. The Balaban J connectivity index is 2.15. The van der Waals surface area contributed by atoms with Gasteiger partial charge in [0.25, 0.3) is 0 Å². The van der Waals surface area contributed by atoms with E-state index in [-0.39, 0.29) is 0 Å². The Labute approximate surface area is 117 Å². The number of rotatable bonds is 4. The van der Waals surface area contributed by atoms with E-state index in [2.05, 4.69) is 55.1 Å². The lowest BCUT2D eigenvalue weighted by molar-refractivity contribution is 0.315. The fourth-order valence-electron chi connectivity index (χ4n) is 2.18. The number of hydrogen-bond donors (Lipinski definition) is 1. The van der Waals surface area contributed by atoms with Crippen molar-refractivity contribution in [2.45, 2.75) is 19.4 Å². The molecular weight excluding hydrogens is 294 g/mol. The zero-order chi connectivity index (χ0) is 13.1. The van der Waals surface area contributed by atoms with Gasteiger partial charge < -0.3 is 15.1 Å². The molecule has 2 heterocycles. The minimum absolute atomic E-state index is 0.606. The second-order valence-corrected chi connectivity index (χ2v) is 5.60. The fourth-order valence-corrected chi connectivity index (χ4v) is 2.62. The first kappa shape index (κ1) is 13.5. The second kappa shape index (κ2) is 5.84. The van der Waals surface area contributed by atoms with E-state index >= 15 is 0 Å². The van der Waals surface area contributed by atoms with E-state index < -0.39 is 0 Å². The quantitative estimate of drug-likeness (QED) is 0.918. The Kier molecular flexibility index (Phi) is 4.40. The van der Waals surface area contributed by atoms with E-state index in [0.717, 1.165) is 29.9 Å². The van der Waals surface area contributed by atoms with E-state index in [0.29, 0.717) is 12.0 Å². The number of nitrogens with zero attached hydrogens (tertiary/aromatic N) is 4. The molecule has 1 fully saturated rings. The van der Waals surface area contributed by atoms with Gasteiger partial charge in [0, 0.05) is 31.9 Å². The molecule has 1 aliphatic rings. The number of likely N-dealkylation sites (N-methyl/N-ethyl adjacent to an activating group) is 1. The first-order valence-corrected chi connectivity index (χ1v) is 7.09. The Hall–Kier alpha value is -0.880. The van der Waals surface area contributed by atoms with Crippen LogP contribution in [0.2, 0.25) is 0 Å². The van der Waals surface area contributed by atoms with Gasteiger partial charge in [0.2, 0.25) is 5.95 Å². The molecule has 0 radical (unpaired) electrons. The average Bonchev–Trinajstić information content (AvgIpc) is 2.81. The predicted molar refractivity (Wildman–Crippen MR) is 78.2 cm³/mol. The van der Waals surface area contributed by atoms with Gasteiger partial charge in [-0.2, -0.15) is 4.98 Å². The summed E-state index contributed by atoms with van der Waals surface area (Å²) in [5, 5.41) is 3.15. The topological polar surface area (TPSA) is 44.3 Å². The summed E-state index contributed by atoms with van der Waals surface area (Å²) < 4.78 is 0.962. The van der Waals surface area contributed by atoms with Crippen LogP contribution in [0.1, 0.15) is 13.3 Å². The van der Waals surface area contributed by atoms with E-state index in [9.17, 15) is 0 Å². The minimum atomic E-state index is 0.606. The molecule has 0 aromatic carbocycles. The highest BCUT2D eigenvalue weighted by Crippen LogP contribution is 2.28. The van der Waals surface area contributed by atoms with E-state index in [1.165, 1.54) is 6.42 Å². The van der Waals surface area contributed by atoms with Crippen molar-refractivity contribution in [3.63, 3.8) is 0 Å². The summed E-state index contributed by atoms with van der Waals surface area (Å²) in [7, 11) is 4.26. The molecule has 1 aromatic heterocycles. The molecule has 2 rings (SSSR count). The van der Waals surface area contributed by atoms with Gasteiger partial charge in [-0.15, -0.1) is 0 Å². The maximum Gasteiger partial charge on any atom is 0.224 e. The summed E-state index contributed by atoms with van der Waals surface area (Å²) in [6.07, 6.45) is 3.00. The molecule has 100 valence electrons. The second-order valence-electron chi connectivity index (χ2n) is 4.75. The van der Waals surface area contributed by atoms with E-state index in [1.54, 1.807) is 0 Å². The van der Waals surface area contributed by atoms with Crippen LogP contribution in [-0.4, -0.2) is 54.6 Å². The fraction of sp³-hybridized carbons (Fsp3) is 0.667. The molecule has 1 unspecified atom stereocenters. The molecule has 6 heteroatoms. The highest BCUT2D eigenvalue weighted by atomic mass is 79.9. The van der Waals surface area contributed by atoms with Crippen molar-refractivity contribution in [2.24, 2.45) is 0 Å². The first-order valence-electron chi connectivity index (χ1n) is 6.29. The highest BCUT2D eigenvalue weighted by molar-refractivity contribution is 9.10. The summed E-state index contributed by atoms with van der Waals surface area (Å²) in [6, 6.07) is 0.606. The molecule has 0 aliphatic carbocycles. The Morgan fingerprint density at radius 1 is 1.56 bits per heavy atom. The third kappa shape index (κ3) is 2.92.